The van der Waals surface area contributed by atoms with Crippen molar-refractivity contribution in [1.82, 2.24) is 4.98 Å². The lowest BCUT2D eigenvalue weighted by Crippen LogP contribution is -2.40. The number of anilines is 1. The van der Waals surface area contributed by atoms with Crippen LogP contribution in [-0.4, -0.2) is 29.1 Å². The summed E-state index contributed by atoms with van der Waals surface area (Å²) < 4.78 is 0. The van der Waals surface area contributed by atoms with Gasteiger partial charge in [0.15, 0.2) is 5.13 Å². The fourth-order valence-electron chi connectivity index (χ4n) is 1.54. The summed E-state index contributed by atoms with van der Waals surface area (Å²) in [4.78, 5) is 7.67. The number of halogens is 2. The summed E-state index contributed by atoms with van der Waals surface area (Å²) in [5.41, 5.74) is 0. The van der Waals surface area contributed by atoms with Crippen molar-refractivity contribution in [3.63, 3.8) is 0 Å². The third-order valence-electron chi connectivity index (χ3n) is 2.37. The zero-order valence-electron chi connectivity index (χ0n) is 8.37. The summed E-state index contributed by atoms with van der Waals surface area (Å²) in [5, 5.41) is 1.58. The molecule has 2 heterocycles. The maximum atomic E-state index is 6.00. The largest absolute Gasteiger partial charge is 0.344 e. The molecule has 0 aliphatic carbocycles. The van der Waals surface area contributed by atoms with Gasteiger partial charge in [0.05, 0.1) is 10.8 Å². The monoisotopic (exact) mass is 282 g/mol. The van der Waals surface area contributed by atoms with Crippen LogP contribution < -0.4 is 4.90 Å². The van der Waals surface area contributed by atoms with E-state index in [0.29, 0.717) is 17.1 Å². The molecule has 1 aromatic heterocycles. The average molecular weight is 283 g/mol. The number of alkyl halides is 1. The molecule has 0 amide bonds. The van der Waals surface area contributed by atoms with E-state index in [4.69, 9.17) is 23.2 Å². The van der Waals surface area contributed by atoms with Crippen molar-refractivity contribution in [2.45, 2.75) is 18.8 Å². The minimum atomic E-state index is 0.452. The van der Waals surface area contributed by atoms with Crippen LogP contribution in [0.2, 0.25) is 5.15 Å². The molecule has 15 heavy (non-hydrogen) atoms. The Morgan fingerprint density at radius 2 is 2.40 bits per heavy atom. The predicted molar refractivity (Wildman–Crippen MR) is 70.8 cm³/mol. The van der Waals surface area contributed by atoms with E-state index in [0.717, 1.165) is 28.1 Å². The second kappa shape index (κ2) is 5.13. The van der Waals surface area contributed by atoms with Crippen LogP contribution in [0.5, 0.6) is 0 Å². The molecule has 1 saturated heterocycles. The third kappa shape index (κ3) is 2.54. The van der Waals surface area contributed by atoms with Gasteiger partial charge >= 0.3 is 0 Å². The fourth-order valence-corrected chi connectivity index (χ4v) is 4.15. The molecule has 0 radical (unpaired) electrons. The van der Waals surface area contributed by atoms with Crippen molar-refractivity contribution >= 4 is 51.4 Å². The molecule has 2 rings (SSSR count). The Bertz CT molecular complexity index is 343. The van der Waals surface area contributed by atoms with E-state index in [1.807, 2.05) is 11.8 Å². The molecular formula is C9H12Cl2N2S2. The molecule has 1 aromatic rings. The Kier molecular flexibility index (Phi) is 4.04. The van der Waals surface area contributed by atoms with Crippen molar-refractivity contribution in [2.75, 3.05) is 23.0 Å². The third-order valence-corrected chi connectivity index (χ3v) is 5.51. The van der Waals surface area contributed by atoms with E-state index in [-0.39, 0.29) is 0 Å². The minimum Gasteiger partial charge on any atom is -0.344 e. The van der Waals surface area contributed by atoms with E-state index >= 15 is 0 Å². The summed E-state index contributed by atoms with van der Waals surface area (Å²) in [7, 11) is 0. The molecule has 1 aliphatic rings. The van der Waals surface area contributed by atoms with Crippen molar-refractivity contribution in [1.29, 1.82) is 0 Å². The van der Waals surface area contributed by atoms with E-state index in [2.05, 4.69) is 16.8 Å². The van der Waals surface area contributed by atoms with Crippen LogP contribution in [0.3, 0.4) is 0 Å². The van der Waals surface area contributed by atoms with E-state index in [9.17, 15) is 0 Å². The molecule has 0 aromatic carbocycles. The minimum absolute atomic E-state index is 0.452. The molecule has 84 valence electrons. The lowest BCUT2D eigenvalue weighted by molar-refractivity contribution is 0.697. The van der Waals surface area contributed by atoms with Gasteiger partial charge in [-0.25, -0.2) is 4.98 Å². The summed E-state index contributed by atoms with van der Waals surface area (Å²) in [6.07, 6.45) is 0. The highest BCUT2D eigenvalue weighted by Gasteiger charge is 2.22. The Morgan fingerprint density at radius 1 is 1.60 bits per heavy atom. The van der Waals surface area contributed by atoms with Gasteiger partial charge in [0.2, 0.25) is 0 Å². The normalized spacial score (nSPS) is 22.1. The van der Waals surface area contributed by atoms with Gasteiger partial charge in [0, 0.05) is 24.1 Å². The van der Waals surface area contributed by atoms with Crippen LogP contribution in [0.4, 0.5) is 5.13 Å². The maximum absolute atomic E-state index is 6.00. The Labute approximate surface area is 108 Å². The number of aromatic nitrogens is 1. The molecular weight excluding hydrogens is 271 g/mol. The molecule has 2 nitrogen and oxygen atoms in total. The average Bonchev–Trinajstić information content (AvgIpc) is 2.60. The fraction of sp³-hybridized carbons (Fsp3) is 0.667. The summed E-state index contributed by atoms with van der Waals surface area (Å²) in [5.74, 6) is 2.78. The van der Waals surface area contributed by atoms with Gasteiger partial charge in [-0.2, -0.15) is 11.8 Å². The standard InChI is InChI=1S/C9H12Cl2N2S2/c1-6-5-14-3-2-13(6)9-12-8(11)7(4-10)15-9/h6H,2-5H2,1H3. The molecule has 0 bridgehead atoms. The topological polar surface area (TPSA) is 16.1 Å². The number of rotatable bonds is 2. The molecule has 0 saturated carbocycles. The second-order valence-corrected chi connectivity index (χ2v) is 6.30. The molecule has 1 atom stereocenters. The van der Waals surface area contributed by atoms with Gasteiger partial charge in [-0.1, -0.05) is 22.9 Å². The lowest BCUT2D eigenvalue weighted by Gasteiger charge is -2.32. The van der Waals surface area contributed by atoms with E-state index in [1.165, 1.54) is 0 Å². The van der Waals surface area contributed by atoms with Crippen LogP contribution in [0.25, 0.3) is 0 Å². The molecule has 0 N–H and O–H groups in total. The van der Waals surface area contributed by atoms with Crippen LogP contribution in [-0.2, 0) is 5.88 Å². The maximum Gasteiger partial charge on any atom is 0.187 e. The van der Waals surface area contributed by atoms with E-state index in [1.54, 1.807) is 11.3 Å². The number of hydrogen-bond donors (Lipinski definition) is 0. The first-order valence-electron chi connectivity index (χ1n) is 4.78. The van der Waals surface area contributed by atoms with Crippen molar-refractivity contribution in [3.05, 3.63) is 10.0 Å². The van der Waals surface area contributed by atoms with Gasteiger partial charge in [-0.05, 0) is 6.92 Å². The molecule has 0 spiro atoms. The number of thiazole rings is 1. The molecule has 1 aliphatic heterocycles. The van der Waals surface area contributed by atoms with Crippen molar-refractivity contribution < 1.29 is 0 Å². The lowest BCUT2D eigenvalue weighted by atomic mass is 10.3. The summed E-state index contributed by atoms with van der Waals surface area (Å²) in [6.45, 7) is 3.28. The zero-order chi connectivity index (χ0) is 10.8. The number of hydrogen-bond acceptors (Lipinski definition) is 4. The Morgan fingerprint density at radius 3 is 3.00 bits per heavy atom. The second-order valence-electron chi connectivity index (χ2n) is 3.46. The molecule has 6 heteroatoms. The highest BCUT2D eigenvalue weighted by Crippen LogP contribution is 2.33. The predicted octanol–water partition coefficient (Wildman–Crippen LogP) is 3.48. The highest BCUT2D eigenvalue weighted by atomic mass is 35.5. The summed E-state index contributed by atoms with van der Waals surface area (Å²) >= 11 is 15.4. The zero-order valence-corrected chi connectivity index (χ0v) is 11.5. The van der Waals surface area contributed by atoms with Gasteiger partial charge in [0.1, 0.15) is 5.15 Å². The van der Waals surface area contributed by atoms with Crippen LogP contribution >= 0.6 is 46.3 Å². The quantitative estimate of drug-likeness (QED) is 0.773. The van der Waals surface area contributed by atoms with Gasteiger partial charge in [-0.3, -0.25) is 0 Å². The smallest absolute Gasteiger partial charge is 0.187 e. The van der Waals surface area contributed by atoms with Crippen LogP contribution in [0.15, 0.2) is 0 Å². The first-order chi connectivity index (χ1) is 7.22. The first-order valence-corrected chi connectivity index (χ1v) is 7.66. The van der Waals surface area contributed by atoms with Crippen LogP contribution in [0.1, 0.15) is 11.8 Å². The molecule has 1 fully saturated rings. The first kappa shape index (κ1) is 11.8. The SMILES string of the molecule is CC1CSCCN1c1nc(Cl)c(CCl)s1. The Balaban J connectivity index is 2.20. The van der Waals surface area contributed by atoms with Gasteiger partial charge in [-0.15, -0.1) is 11.6 Å². The van der Waals surface area contributed by atoms with Crippen molar-refractivity contribution in [3.8, 4) is 0 Å². The van der Waals surface area contributed by atoms with E-state index < -0.39 is 0 Å². The Hall–Kier alpha value is 0.360. The van der Waals surface area contributed by atoms with Crippen molar-refractivity contribution in [2.24, 2.45) is 0 Å². The van der Waals surface area contributed by atoms with Gasteiger partial charge < -0.3 is 4.90 Å². The summed E-state index contributed by atoms with van der Waals surface area (Å²) in [6, 6.07) is 0.536. The molecule has 1 unspecified atom stereocenters. The van der Waals surface area contributed by atoms with Gasteiger partial charge in [0.25, 0.3) is 0 Å². The number of nitrogens with zero attached hydrogens (tertiary/aromatic N) is 2. The van der Waals surface area contributed by atoms with Crippen LogP contribution in [0, 0.1) is 0 Å². The highest BCUT2D eigenvalue weighted by molar-refractivity contribution is 7.99. The number of thioether (sulfide) groups is 1.